The minimum atomic E-state index is -0.213. The van der Waals surface area contributed by atoms with Crippen molar-refractivity contribution in [3.8, 4) is 5.75 Å². The Labute approximate surface area is 136 Å². The molecule has 0 N–H and O–H groups in total. The van der Waals surface area contributed by atoms with Gasteiger partial charge in [0.2, 0.25) is 0 Å². The third kappa shape index (κ3) is 3.50. The van der Waals surface area contributed by atoms with Crippen molar-refractivity contribution >= 4 is 0 Å². The highest BCUT2D eigenvalue weighted by molar-refractivity contribution is 5.34. The molecule has 1 fully saturated rings. The first kappa shape index (κ1) is 15.9. The van der Waals surface area contributed by atoms with Crippen molar-refractivity contribution in [3.05, 3.63) is 52.9 Å². The van der Waals surface area contributed by atoms with Gasteiger partial charge in [-0.25, -0.2) is 14.4 Å². The maximum absolute atomic E-state index is 14.1. The van der Waals surface area contributed by atoms with E-state index >= 15 is 0 Å². The number of nitrogens with zero attached hydrogens (tertiary/aromatic N) is 3. The van der Waals surface area contributed by atoms with Crippen LogP contribution in [0.4, 0.5) is 4.39 Å². The van der Waals surface area contributed by atoms with Crippen LogP contribution in [-0.4, -0.2) is 35.1 Å². The molecule has 1 aromatic heterocycles. The van der Waals surface area contributed by atoms with Crippen molar-refractivity contribution in [1.82, 2.24) is 14.9 Å². The first-order chi connectivity index (χ1) is 11.1. The Kier molecular flexibility index (Phi) is 4.57. The predicted molar refractivity (Wildman–Crippen MR) is 87.1 cm³/mol. The highest BCUT2D eigenvalue weighted by atomic mass is 19.1. The number of hydrogen-bond donors (Lipinski definition) is 0. The van der Waals surface area contributed by atoms with Crippen LogP contribution in [-0.2, 0) is 6.54 Å². The van der Waals surface area contributed by atoms with Gasteiger partial charge in [-0.1, -0.05) is 6.07 Å². The van der Waals surface area contributed by atoms with Crippen LogP contribution in [0.5, 0.6) is 5.75 Å². The number of methoxy groups -OCH3 is 1. The molecule has 2 aromatic rings. The molecule has 1 saturated heterocycles. The molecular weight excluding hydrogens is 293 g/mol. The van der Waals surface area contributed by atoms with E-state index in [1.54, 1.807) is 19.2 Å². The van der Waals surface area contributed by atoms with E-state index in [-0.39, 0.29) is 5.82 Å². The van der Waals surface area contributed by atoms with Crippen molar-refractivity contribution < 1.29 is 9.13 Å². The lowest BCUT2D eigenvalue weighted by atomic mass is 10.1. The van der Waals surface area contributed by atoms with Crippen molar-refractivity contribution in [2.45, 2.75) is 32.7 Å². The van der Waals surface area contributed by atoms with E-state index in [0.717, 1.165) is 36.7 Å². The van der Waals surface area contributed by atoms with Crippen LogP contribution >= 0.6 is 0 Å². The summed E-state index contributed by atoms with van der Waals surface area (Å²) in [5, 5.41) is 0. The summed E-state index contributed by atoms with van der Waals surface area (Å²) in [6.07, 6.45) is 1.000. The molecular formula is C18H22FN3O. The van der Waals surface area contributed by atoms with Crippen molar-refractivity contribution in [2.75, 3.05) is 20.2 Å². The van der Waals surface area contributed by atoms with Crippen LogP contribution < -0.4 is 4.74 Å². The fraction of sp³-hybridized carbons (Fsp3) is 0.444. The molecule has 0 aliphatic carbocycles. The van der Waals surface area contributed by atoms with Crippen LogP contribution in [0.3, 0.4) is 0 Å². The van der Waals surface area contributed by atoms with Gasteiger partial charge in [0.25, 0.3) is 0 Å². The van der Waals surface area contributed by atoms with Gasteiger partial charge in [-0.3, -0.25) is 4.90 Å². The Morgan fingerprint density at radius 1 is 1.26 bits per heavy atom. The van der Waals surface area contributed by atoms with Crippen molar-refractivity contribution in [2.24, 2.45) is 0 Å². The van der Waals surface area contributed by atoms with Crippen LogP contribution in [0.15, 0.2) is 24.3 Å². The first-order valence-corrected chi connectivity index (χ1v) is 7.92. The van der Waals surface area contributed by atoms with E-state index in [0.29, 0.717) is 23.8 Å². The Balaban J connectivity index is 1.73. The molecule has 1 aliphatic heterocycles. The Morgan fingerprint density at radius 2 is 2.00 bits per heavy atom. The van der Waals surface area contributed by atoms with Gasteiger partial charge in [0.1, 0.15) is 17.4 Å². The molecule has 0 spiro atoms. The summed E-state index contributed by atoms with van der Waals surface area (Å²) >= 11 is 0. The number of aromatic nitrogens is 2. The van der Waals surface area contributed by atoms with Gasteiger partial charge in [-0.2, -0.15) is 0 Å². The topological polar surface area (TPSA) is 38.2 Å². The van der Waals surface area contributed by atoms with Crippen LogP contribution in [0.25, 0.3) is 0 Å². The van der Waals surface area contributed by atoms with Crippen molar-refractivity contribution in [3.63, 3.8) is 0 Å². The monoisotopic (exact) mass is 315 g/mol. The number of ether oxygens (including phenoxy) is 1. The highest BCUT2D eigenvalue weighted by Gasteiger charge is 2.27. The Bertz CT molecular complexity index is 684. The molecule has 1 aliphatic rings. The average Bonchev–Trinajstić information content (AvgIpc) is 2.97. The molecule has 0 bridgehead atoms. The summed E-state index contributed by atoms with van der Waals surface area (Å²) in [5.41, 5.74) is 2.63. The molecule has 122 valence electrons. The number of halogens is 1. The van der Waals surface area contributed by atoms with Crippen LogP contribution in [0.2, 0.25) is 0 Å². The molecule has 0 saturated carbocycles. The summed E-state index contributed by atoms with van der Waals surface area (Å²) in [4.78, 5) is 11.4. The summed E-state index contributed by atoms with van der Waals surface area (Å²) < 4.78 is 19.4. The highest BCUT2D eigenvalue weighted by Crippen LogP contribution is 2.29. The fourth-order valence-corrected chi connectivity index (χ4v) is 3.23. The second kappa shape index (κ2) is 6.62. The molecule has 4 nitrogen and oxygen atoms in total. The fourth-order valence-electron chi connectivity index (χ4n) is 3.23. The molecule has 3 rings (SSSR count). The first-order valence-electron chi connectivity index (χ1n) is 7.92. The maximum atomic E-state index is 14.1. The zero-order valence-electron chi connectivity index (χ0n) is 13.8. The molecule has 1 aromatic carbocycles. The van der Waals surface area contributed by atoms with E-state index < -0.39 is 0 Å². The van der Waals surface area contributed by atoms with E-state index in [4.69, 9.17) is 4.74 Å². The summed E-state index contributed by atoms with van der Waals surface area (Å²) in [7, 11) is 1.58. The lowest BCUT2D eigenvalue weighted by Gasteiger charge is -2.18. The molecule has 0 amide bonds. The molecule has 23 heavy (non-hydrogen) atoms. The predicted octanol–water partition coefficient (Wildman–Crippen LogP) is 3.23. The molecule has 0 unspecified atom stereocenters. The van der Waals surface area contributed by atoms with Crippen molar-refractivity contribution in [1.29, 1.82) is 0 Å². The zero-order valence-corrected chi connectivity index (χ0v) is 13.8. The minimum absolute atomic E-state index is 0.213. The average molecular weight is 315 g/mol. The lowest BCUT2D eigenvalue weighted by molar-refractivity contribution is 0.309. The number of benzene rings is 1. The largest absolute Gasteiger partial charge is 0.496 e. The number of rotatable bonds is 4. The third-order valence-electron chi connectivity index (χ3n) is 4.31. The normalized spacial score (nSPS) is 18.3. The van der Waals surface area contributed by atoms with Gasteiger partial charge in [0.15, 0.2) is 0 Å². The SMILES string of the molecule is COc1cccc(F)c1CN1CC[C@@H](c2nc(C)cc(C)n2)C1. The van der Waals surface area contributed by atoms with Crippen LogP contribution in [0, 0.1) is 19.7 Å². The van der Waals surface area contributed by atoms with E-state index in [1.807, 2.05) is 19.9 Å². The van der Waals surface area contributed by atoms with Gasteiger partial charge in [-0.05, 0) is 45.0 Å². The molecule has 0 radical (unpaired) electrons. The van der Waals surface area contributed by atoms with Gasteiger partial charge in [-0.15, -0.1) is 0 Å². The number of aryl methyl sites for hydroxylation is 2. The summed E-state index contributed by atoms with van der Waals surface area (Å²) in [6.45, 7) is 6.31. The van der Waals surface area contributed by atoms with E-state index in [9.17, 15) is 4.39 Å². The second-order valence-electron chi connectivity index (χ2n) is 6.15. The second-order valence-corrected chi connectivity index (χ2v) is 6.15. The molecule has 1 atom stereocenters. The van der Waals surface area contributed by atoms with Crippen LogP contribution in [0.1, 0.15) is 35.1 Å². The summed E-state index contributed by atoms with van der Waals surface area (Å²) in [5.74, 6) is 1.61. The zero-order chi connectivity index (χ0) is 16.4. The quantitative estimate of drug-likeness (QED) is 0.868. The van der Waals surface area contributed by atoms with Gasteiger partial charge < -0.3 is 4.74 Å². The van der Waals surface area contributed by atoms with E-state index in [1.165, 1.54) is 6.07 Å². The smallest absolute Gasteiger partial charge is 0.133 e. The number of likely N-dealkylation sites (tertiary alicyclic amines) is 1. The Hall–Kier alpha value is -2.01. The summed E-state index contributed by atoms with van der Waals surface area (Å²) in [6, 6.07) is 6.95. The van der Waals surface area contributed by atoms with E-state index in [2.05, 4.69) is 14.9 Å². The maximum Gasteiger partial charge on any atom is 0.133 e. The lowest BCUT2D eigenvalue weighted by Crippen LogP contribution is -2.21. The minimum Gasteiger partial charge on any atom is -0.496 e. The Morgan fingerprint density at radius 3 is 2.70 bits per heavy atom. The molecule has 5 heteroatoms. The van der Waals surface area contributed by atoms with Gasteiger partial charge in [0, 0.05) is 36.0 Å². The molecule has 2 heterocycles. The number of hydrogen-bond acceptors (Lipinski definition) is 4. The third-order valence-corrected chi connectivity index (χ3v) is 4.31. The standard InChI is InChI=1S/C18H22FN3O/c1-12-9-13(2)21-18(20-12)14-7-8-22(10-14)11-15-16(19)5-4-6-17(15)23-3/h4-6,9,14H,7-8,10-11H2,1-3H3/t14-/m1/s1. The van der Waals surface area contributed by atoms with Gasteiger partial charge >= 0.3 is 0 Å². The van der Waals surface area contributed by atoms with Gasteiger partial charge in [0.05, 0.1) is 7.11 Å².